The Morgan fingerprint density at radius 2 is 2.20 bits per heavy atom. The fraction of sp³-hybridized carbons (Fsp3) is 0.462. The van der Waals surface area contributed by atoms with Crippen molar-refractivity contribution in [2.75, 3.05) is 12.0 Å². The Kier molecular flexibility index (Phi) is 3.63. The summed E-state index contributed by atoms with van der Waals surface area (Å²) in [6.45, 7) is 4.94. The van der Waals surface area contributed by atoms with Crippen LogP contribution in [0.3, 0.4) is 0 Å². The Morgan fingerprint density at radius 1 is 1.55 bits per heavy atom. The van der Waals surface area contributed by atoms with Crippen LogP contribution >= 0.6 is 0 Å². The molecule has 1 aromatic carbocycles. The zero-order chi connectivity index (χ0) is 14.9. The minimum atomic E-state index is -0.552. The summed E-state index contributed by atoms with van der Waals surface area (Å²) in [6, 6.07) is 4.07. The number of benzene rings is 1. The van der Waals surface area contributed by atoms with E-state index < -0.39 is 4.92 Å². The number of hydrogen-bond acceptors (Lipinski definition) is 5. The molecule has 0 bridgehead atoms. The molecule has 1 aromatic rings. The Morgan fingerprint density at radius 3 is 2.70 bits per heavy atom. The number of carbonyl (C=O) groups excluding carboxylic acids is 1. The summed E-state index contributed by atoms with van der Waals surface area (Å²) >= 11 is 0. The van der Waals surface area contributed by atoms with Crippen LogP contribution in [0.1, 0.15) is 30.6 Å². The second-order valence-corrected chi connectivity index (χ2v) is 5.73. The number of carbonyl (C=O) groups is 1. The maximum absolute atomic E-state index is 12.0. The summed E-state index contributed by atoms with van der Waals surface area (Å²) < 4.78 is 0. The molecule has 108 valence electrons. The monoisotopic (exact) mass is 278 g/mol. The Hall–Kier alpha value is -2.15. The van der Waals surface area contributed by atoms with Gasteiger partial charge in [0.25, 0.3) is 11.6 Å². The van der Waals surface area contributed by atoms with Crippen LogP contribution in [0.4, 0.5) is 11.4 Å². The van der Waals surface area contributed by atoms with Crippen molar-refractivity contribution in [2.45, 2.75) is 20.3 Å². The number of nitrogen functional groups attached to an aromatic ring is 1. The van der Waals surface area contributed by atoms with Gasteiger partial charge < -0.3 is 10.7 Å². The molecule has 1 amide bonds. The number of nitrogens with two attached hydrogens (primary N) is 1. The van der Waals surface area contributed by atoms with Crippen LogP contribution in [0.2, 0.25) is 0 Å². The summed E-state index contributed by atoms with van der Waals surface area (Å²) in [6.07, 6.45) is 1.10. The number of nitro groups is 1. The summed E-state index contributed by atoms with van der Waals surface area (Å²) in [5, 5.41) is 13.6. The molecule has 1 atom stereocenters. The van der Waals surface area contributed by atoms with Crippen molar-refractivity contribution in [1.29, 1.82) is 0 Å². The van der Waals surface area contributed by atoms with Gasteiger partial charge in [-0.25, -0.2) is 0 Å². The van der Waals surface area contributed by atoms with E-state index >= 15 is 0 Å². The fourth-order valence-corrected chi connectivity index (χ4v) is 2.19. The van der Waals surface area contributed by atoms with Crippen molar-refractivity contribution >= 4 is 17.3 Å². The molecule has 0 aliphatic heterocycles. The maximum atomic E-state index is 12.0. The van der Waals surface area contributed by atoms with Crippen molar-refractivity contribution in [3.63, 3.8) is 0 Å². The highest BCUT2D eigenvalue weighted by Crippen LogP contribution is 2.50. The lowest BCUT2D eigenvalue weighted by atomic mass is 10.1. The van der Waals surface area contributed by atoms with Gasteiger partial charge in [0.15, 0.2) is 0 Å². The summed E-state index contributed by atoms with van der Waals surface area (Å²) in [5.41, 5.74) is 2.85. The second kappa shape index (κ2) is 5.09. The van der Waals surface area contributed by atoms with E-state index in [1.807, 2.05) is 0 Å². The van der Waals surface area contributed by atoms with Crippen LogP contribution in [0.5, 0.6) is 0 Å². The van der Waals surface area contributed by atoms with Crippen LogP contribution in [-0.2, 0) is 0 Å². The predicted octanol–water partition coefficient (Wildman–Crippen LogP) is 1.66. The van der Waals surface area contributed by atoms with Crippen LogP contribution in [0.15, 0.2) is 18.2 Å². The van der Waals surface area contributed by atoms with Gasteiger partial charge in [0.1, 0.15) is 5.69 Å². The molecular weight excluding hydrogens is 260 g/mol. The first-order valence-corrected chi connectivity index (χ1v) is 6.38. The van der Waals surface area contributed by atoms with Gasteiger partial charge in [0, 0.05) is 18.2 Å². The van der Waals surface area contributed by atoms with Gasteiger partial charge in [0.05, 0.1) is 4.92 Å². The molecule has 0 radical (unpaired) electrons. The second-order valence-electron chi connectivity index (χ2n) is 5.73. The first kappa shape index (κ1) is 14.3. The molecule has 0 spiro atoms. The summed E-state index contributed by atoms with van der Waals surface area (Å²) in [5.74, 6) is 5.49. The highest BCUT2D eigenvalue weighted by Gasteiger charge is 2.45. The molecule has 4 N–H and O–H groups in total. The lowest BCUT2D eigenvalue weighted by Crippen LogP contribution is -2.26. The lowest BCUT2D eigenvalue weighted by molar-refractivity contribution is -0.384. The van der Waals surface area contributed by atoms with Crippen molar-refractivity contribution < 1.29 is 9.72 Å². The van der Waals surface area contributed by atoms with Gasteiger partial charge in [-0.05, 0) is 29.9 Å². The quantitative estimate of drug-likeness (QED) is 0.431. The molecule has 0 aromatic heterocycles. The molecule has 1 unspecified atom stereocenters. The lowest BCUT2D eigenvalue weighted by Gasteiger charge is -2.08. The molecule has 1 aliphatic carbocycles. The average Bonchev–Trinajstić information content (AvgIpc) is 3.02. The Balaban J connectivity index is 2.05. The van der Waals surface area contributed by atoms with E-state index in [4.69, 9.17) is 5.84 Å². The molecule has 1 fully saturated rings. The number of amides is 1. The number of anilines is 1. The molecule has 7 nitrogen and oxygen atoms in total. The molecule has 1 saturated carbocycles. The van der Waals surface area contributed by atoms with E-state index in [0.29, 0.717) is 23.4 Å². The number of nitrogens with one attached hydrogen (secondary N) is 2. The van der Waals surface area contributed by atoms with Crippen LogP contribution in [-0.4, -0.2) is 17.4 Å². The first-order chi connectivity index (χ1) is 9.35. The smallest absolute Gasteiger partial charge is 0.293 e. The maximum Gasteiger partial charge on any atom is 0.293 e. The topological polar surface area (TPSA) is 110 Å². The Bertz CT molecular complexity index is 557. The van der Waals surface area contributed by atoms with Crippen molar-refractivity contribution in [3.05, 3.63) is 33.9 Å². The molecule has 20 heavy (non-hydrogen) atoms. The molecule has 7 heteroatoms. The van der Waals surface area contributed by atoms with E-state index in [1.54, 1.807) is 0 Å². The normalized spacial score (nSPS) is 19.2. The zero-order valence-electron chi connectivity index (χ0n) is 11.5. The van der Waals surface area contributed by atoms with E-state index in [-0.39, 0.29) is 17.3 Å². The third kappa shape index (κ3) is 2.88. The average molecular weight is 278 g/mol. The van der Waals surface area contributed by atoms with Gasteiger partial charge >= 0.3 is 0 Å². The number of nitro benzene ring substituents is 1. The third-order valence-electron chi connectivity index (χ3n) is 3.84. The minimum absolute atomic E-state index is 0.120. The standard InChI is InChI=1S/C13H18N4O3/c1-13(2)6-9(13)7-15-12(18)8-3-4-11(17(19)20)10(5-8)16-14/h3-5,9,16H,6-7,14H2,1-2H3,(H,15,18). The van der Waals surface area contributed by atoms with Gasteiger partial charge in [0.2, 0.25) is 0 Å². The van der Waals surface area contributed by atoms with Gasteiger partial charge in [-0.3, -0.25) is 20.8 Å². The van der Waals surface area contributed by atoms with Gasteiger partial charge in [-0.1, -0.05) is 13.8 Å². The third-order valence-corrected chi connectivity index (χ3v) is 3.84. The van der Waals surface area contributed by atoms with E-state index in [2.05, 4.69) is 24.6 Å². The molecule has 2 rings (SSSR count). The van der Waals surface area contributed by atoms with Gasteiger partial charge in [-0.2, -0.15) is 0 Å². The van der Waals surface area contributed by atoms with E-state index in [1.165, 1.54) is 18.2 Å². The predicted molar refractivity (Wildman–Crippen MR) is 75.1 cm³/mol. The largest absolute Gasteiger partial charge is 0.352 e. The molecule has 0 saturated heterocycles. The minimum Gasteiger partial charge on any atom is -0.352 e. The van der Waals surface area contributed by atoms with Crippen molar-refractivity contribution in [3.8, 4) is 0 Å². The van der Waals surface area contributed by atoms with Crippen LogP contribution < -0.4 is 16.6 Å². The first-order valence-electron chi connectivity index (χ1n) is 6.38. The molecular formula is C13H18N4O3. The number of hydrazine groups is 1. The number of hydrogen-bond donors (Lipinski definition) is 3. The number of nitrogens with zero attached hydrogens (tertiary/aromatic N) is 1. The number of rotatable bonds is 5. The highest BCUT2D eigenvalue weighted by molar-refractivity contribution is 5.95. The van der Waals surface area contributed by atoms with E-state index in [0.717, 1.165) is 6.42 Å². The SMILES string of the molecule is CC1(C)CC1CNC(=O)c1ccc([N+](=O)[O-])c(NN)c1. The van der Waals surface area contributed by atoms with Crippen LogP contribution in [0, 0.1) is 21.4 Å². The fourth-order valence-electron chi connectivity index (χ4n) is 2.19. The van der Waals surface area contributed by atoms with Gasteiger partial charge in [-0.15, -0.1) is 0 Å². The Labute approximate surface area is 116 Å². The van der Waals surface area contributed by atoms with E-state index in [9.17, 15) is 14.9 Å². The van der Waals surface area contributed by atoms with Crippen molar-refractivity contribution in [1.82, 2.24) is 5.32 Å². The highest BCUT2D eigenvalue weighted by atomic mass is 16.6. The zero-order valence-corrected chi connectivity index (χ0v) is 11.5. The summed E-state index contributed by atoms with van der Waals surface area (Å²) in [7, 11) is 0. The van der Waals surface area contributed by atoms with Crippen molar-refractivity contribution in [2.24, 2.45) is 17.2 Å². The van der Waals surface area contributed by atoms with Crippen LogP contribution in [0.25, 0.3) is 0 Å². The molecule has 1 aliphatic rings. The summed E-state index contributed by atoms with van der Waals surface area (Å²) in [4.78, 5) is 22.2. The molecule has 0 heterocycles.